The fourth-order valence-electron chi connectivity index (χ4n) is 3.12. The molecule has 1 aliphatic heterocycles. The summed E-state index contributed by atoms with van der Waals surface area (Å²) >= 11 is 0. The Hall–Kier alpha value is -2.67. The summed E-state index contributed by atoms with van der Waals surface area (Å²) in [5.41, 5.74) is 2.01. The van der Waals surface area contributed by atoms with E-state index in [0.29, 0.717) is 24.1 Å². The Morgan fingerprint density at radius 2 is 1.70 bits per heavy atom. The van der Waals surface area contributed by atoms with Crippen molar-refractivity contribution >= 4 is 21.7 Å². The van der Waals surface area contributed by atoms with Gasteiger partial charge in [-0.25, -0.2) is 8.42 Å². The molecular formula is C20H21NO5S. The number of rotatable bonds is 5. The molecule has 7 heteroatoms. The highest BCUT2D eigenvalue weighted by molar-refractivity contribution is 7.90. The Bertz CT molecular complexity index is 949. The Morgan fingerprint density at radius 1 is 1.07 bits per heavy atom. The van der Waals surface area contributed by atoms with Gasteiger partial charge in [0, 0.05) is 18.7 Å². The number of aryl methyl sites for hydroxylation is 1. The molecule has 2 aromatic rings. The van der Waals surface area contributed by atoms with Crippen molar-refractivity contribution < 1.29 is 23.1 Å². The minimum absolute atomic E-state index is 0.144. The van der Waals surface area contributed by atoms with Crippen LogP contribution in [0.1, 0.15) is 27.9 Å². The van der Waals surface area contributed by atoms with E-state index in [1.54, 1.807) is 48.5 Å². The summed E-state index contributed by atoms with van der Waals surface area (Å²) < 4.78 is 25.0. The normalized spacial score (nSPS) is 17.1. The van der Waals surface area contributed by atoms with Gasteiger partial charge in [-0.1, -0.05) is 29.8 Å². The second-order valence-electron chi connectivity index (χ2n) is 6.84. The molecule has 0 aliphatic carbocycles. The summed E-state index contributed by atoms with van der Waals surface area (Å²) in [5.74, 6) is -1.78. The van der Waals surface area contributed by atoms with Gasteiger partial charge in [-0.15, -0.1) is 0 Å². The molecule has 0 bridgehead atoms. The summed E-state index contributed by atoms with van der Waals surface area (Å²) in [6.45, 7) is 2.52. The van der Waals surface area contributed by atoms with E-state index in [-0.39, 0.29) is 23.1 Å². The highest BCUT2D eigenvalue weighted by Gasteiger charge is 2.31. The number of hydrogen-bond donors (Lipinski definition) is 1. The average molecular weight is 387 g/mol. The summed E-state index contributed by atoms with van der Waals surface area (Å²) in [6.07, 6.45) is 0.452. The van der Waals surface area contributed by atoms with Crippen LogP contribution in [0.25, 0.3) is 0 Å². The number of carboxylic acid groups (broad SMARTS) is 1. The second-order valence-corrected chi connectivity index (χ2v) is 8.83. The third-order valence-electron chi connectivity index (χ3n) is 4.76. The van der Waals surface area contributed by atoms with Gasteiger partial charge in [0.15, 0.2) is 9.84 Å². The van der Waals surface area contributed by atoms with Crippen molar-refractivity contribution in [1.29, 1.82) is 0 Å². The summed E-state index contributed by atoms with van der Waals surface area (Å²) in [4.78, 5) is 25.3. The molecule has 2 aromatic carbocycles. The summed E-state index contributed by atoms with van der Waals surface area (Å²) in [6, 6.07) is 13.1. The van der Waals surface area contributed by atoms with Gasteiger partial charge in [-0.3, -0.25) is 9.59 Å². The lowest BCUT2D eigenvalue weighted by molar-refractivity contribution is -0.141. The minimum Gasteiger partial charge on any atom is -0.481 e. The molecule has 1 unspecified atom stereocenters. The topological polar surface area (TPSA) is 91.8 Å². The average Bonchev–Trinajstić information content (AvgIpc) is 3.12. The number of nitrogens with zero attached hydrogens (tertiary/aromatic N) is 1. The number of carbonyl (C=O) groups is 2. The molecule has 1 aliphatic rings. The number of hydrogen-bond acceptors (Lipinski definition) is 4. The maximum absolute atomic E-state index is 12.5. The zero-order chi connectivity index (χ0) is 19.6. The molecule has 1 fully saturated rings. The Balaban J connectivity index is 1.69. The van der Waals surface area contributed by atoms with E-state index in [9.17, 15) is 18.0 Å². The fourth-order valence-corrected chi connectivity index (χ4v) is 4.47. The van der Waals surface area contributed by atoms with Crippen LogP contribution in [-0.2, 0) is 20.4 Å². The lowest BCUT2D eigenvalue weighted by Crippen LogP contribution is -2.29. The Morgan fingerprint density at radius 3 is 2.26 bits per heavy atom. The van der Waals surface area contributed by atoms with Crippen LogP contribution >= 0.6 is 0 Å². The van der Waals surface area contributed by atoms with Crippen LogP contribution in [0.2, 0.25) is 0 Å². The molecule has 0 radical (unpaired) electrons. The van der Waals surface area contributed by atoms with Crippen LogP contribution in [0.3, 0.4) is 0 Å². The SMILES string of the molecule is Cc1ccc(S(=O)(=O)Cc2ccc(C(=O)N3CCC(C(=O)O)C3)cc2)cc1. The molecule has 0 saturated carbocycles. The molecule has 1 N–H and O–H groups in total. The molecular weight excluding hydrogens is 366 g/mol. The molecule has 1 amide bonds. The highest BCUT2D eigenvalue weighted by atomic mass is 32.2. The molecule has 27 heavy (non-hydrogen) atoms. The maximum Gasteiger partial charge on any atom is 0.308 e. The molecule has 0 aromatic heterocycles. The van der Waals surface area contributed by atoms with E-state index < -0.39 is 21.7 Å². The van der Waals surface area contributed by atoms with Crippen molar-refractivity contribution in [3.8, 4) is 0 Å². The highest BCUT2D eigenvalue weighted by Crippen LogP contribution is 2.21. The number of carboxylic acids is 1. The van der Waals surface area contributed by atoms with Crippen LogP contribution in [0.15, 0.2) is 53.4 Å². The number of aliphatic carboxylic acids is 1. The molecule has 6 nitrogen and oxygen atoms in total. The fraction of sp³-hybridized carbons (Fsp3) is 0.300. The second kappa shape index (κ2) is 7.52. The van der Waals surface area contributed by atoms with E-state index in [1.165, 1.54) is 4.90 Å². The smallest absolute Gasteiger partial charge is 0.308 e. The van der Waals surface area contributed by atoms with Gasteiger partial charge in [-0.2, -0.15) is 0 Å². The van der Waals surface area contributed by atoms with Crippen molar-refractivity contribution in [3.63, 3.8) is 0 Å². The monoisotopic (exact) mass is 387 g/mol. The molecule has 142 valence electrons. The molecule has 1 atom stereocenters. The van der Waals surface area contributed by atoms with Crippen LogP contribution in [-0.4, -0.2) is 43.4 Å². The van der Waals surface area contributed by atoms with Crippen molar-refractivity contribution in [2.24, 2.45) is 5.92 Å². The minimum atomic E-state index is -3.46. The predicted octanol–water partition coefficient (Wildman–Crippen LogP) is 2.52. The quantitative estimate of drug-likeness (QED) is 0.851. The zero-order valence-electron chi connectivity index (χ0n) is 15.0. The largest absolute Gasteiger partial charge is 0.481 e. The van der Waals surface area contributed by atoms with Crippen LogP contribution in [0.4, 0.5) is 0 Å². The first-order chi connectivity index (χ1) is 12.8. The molecule has 1 heterocycles. The number of likely N-dealkylation sites (tertiary alicyclic amines) is 1. The first kappa shape index (κ1) is 19.1. The van der Waals surface area contributed by atoms with Gasteiger partial charge in [0.2, 0.25) is 0 Å². The van der Waals surface area contributed by atoms with E-state index in [0.717, 1.165) is 5.56 Å². The maximum atomic E-state index is 12.5. The van der Waals surface area contributed by atoms with Crippen molar-refractivity contribution in [2.45, 2.75) is 24.0 Å². The van der Waals surface area contributed by atoms with Gasteiger partial charge >= 0.3 is 5.97 Å². The number of carbonyl (C=O) groups excluding carboxylic acids is 1. The zero-order valence-corrected chi connectivity index (χ0v) is 15.8. The lowest BCUT2D eigenvalue weighted by Gasteiger charge is -2.16. The van der Waals surface area contributed by atoms with E-state index in [1.807, 2.05) is 6.92 Å². The van der Waals surface area contributed by atoms with E-state index in [2.05, 4.69) is 0 Å². The van der Waals surface area contributed by atoms with E-state index in [4.69, 9.17) is 5.11 Å². The summed E-state index contributed by atoms with van der Waals surface area (Å²) in [7, 11) is -3.46. The van der Waals surface area contributed by atoms with Gasteiger partial charge in [-0.05, 0) is 43.2 Å². The number of benzene rings is 2. The van der Waals surface area contributed by atoms with Crippen LogP contribution < -0.4 is 0 Å². The third kappa shape index (κ3) is 4.36. The van der Waals surface area contributed by atoms with Crippen molar-refractivity contribution in [1.82, 2.24) is 4.90 Å². The van der Waals surface area contributed by atoms with Gasteiger partial charge in [0.1, 0.15) is 0 Å². The predicted molar refractivity (Wildman–Crippen MR) is 100 cm³/mol. The lowest BCUT2D eigenvalue weighted by atomic mass is 10.1. The van der Waals surface area contributed by atoms with Crippen LogP contribution in [0, 0.1) is 12.8 Å². The van der Waals surface area contributed by atoms with Gasteiger partial charge < -0.3 is 10.0 Å². The molecule has 0 spiro atoms. The third-order valence-corrected chi connectivity index (χ3v) is 6.47. The Kier molecular flexibility index (Phi) is 5.32. The molecule has 3 rings (SSSR count). The van der Waals surface area contributed by atoms with Crippen LogP contribution in [0.5, 0.6) is 0 Å². The van der Waals surface area contributed by atoms with E-state index >= 15 is 0 Å². The number of sulfone groups is 1. The standard InChI is InChI=1S/C20H21NO5S/c1-14-2-8-18(9-3-14)27(25,26)13-15-4-6-16(7-5-15)19(22)21-11-10-17(12-21)20(23)24/h2-9,17H,10-13H2,1H3,(H,23,24). The Labute approximate surface area is 158 Å². The van der Waals surface area contributed by atoms with Crippen molar-refractivity contribution in [3.05, 3.63) is 65.2 Å². The van der Waals surface area contributed by atoms with Gasteiger partial charge in [0.25, 0.3) is 5.91 Å². The number of amides is 1. The summed E-state index contributed by atoms with van der Waals surface area (Å²) in [5, 5.41) is 9.04. The van der Waals surface area contributed by atoms with Crippen molar-refractivity contribution in [2.75, 3.05) is 13.1 Å². The molecule has 1 saturated heterocycles. The van der Waals surface area contributed by atoms with Gasteiger partial charge in [0.05, 0.1) is 16.6 Å². The first-order valence-electron chi connectivity index (χ1n) is 8.67. The first-order valence-corrected chi connectivity index (χ1v) is 10.3.